The Bertz CT molecular complexity index is 1340. The van der Waals surface area contributed by atoms with Crippen molar-refractivity contribution in [2.24, 2.45) is 0 Å². The van der Waals surface area contributed by atoms with Crippen LogP contribution in [0.2, 0.25) is 0 Å². The zero-order valence-corrected chi connectivity index (χ0v) is 16.2. The molecule has 0 radical (unpaired) electrons. The van der Waals surface area contributed by atoms with Gasteiger partial charge in [0.1, 0.15) is 0 Å². The quantitative estimate of drug-likeness (QED) is 0.438. The second-order valence-corrected chi connectivity index (χ2v) is 7.10. The van der Waals surface area contributed by atoms with Gasteiger partial charge in [-0.3, -0.25) is 14.4 Å². The van der Waals surface area contributed by atoms with Crippen molar-refractivity contribution in [3.05, 3.63) is 108 Å². The van der Waals surface area contributed by atoms with Gasteiger partial charge in [-0.05, 0) is 53.6 Å². The van der Waals surface area contributed by atoms with Gasteiger partial charge < -0.3 is 15.1 Å². The molecule has 0 saturated carbocycles. The Hall–Kier alpha value is -4.45. The normalized spacial score (nSPS) is 11.5. The maximum atomic E-state index is 12.8. The third-order valence-electron chi connectivity index (χ3n) is 5.11. The van der Waals surface area contributed by atoms with E-state index in [9.17, 15) is 14.4 Å². The molecule has 4 aromatic rings. The van der Waals surface area contributed by atoms with E-state index in [1.807, 2.05) is 18.2 Å². The molecule has 150 valence electrons. The molecule has 2 N–H and O–H groups in total. The van der Waals surface area contributed by atoms with Crippen LogP contribution in [0.15, 0.2) is 89.5 Å². The molecule has 0 saturated heterocycles. The summed E-state index contributed by atoms with van der Waals surface area (Å²) in [7, 11) is 0. The largest absolute Gasteiger partial charge is 0.459 e. The molecule has 0 spiro atoms. The third-order valence-corrected chi connectivity index (χ3v) is 5.11. The lowest BCUT2D eigenvalue weighted by atomic mass is 10.0. The SMILES string of the molecule is O=C(Nc1cccc(NC(=O)c2ccco2)c1)c1ccc2c(c1)C(=O)c1ccccc1-2. The lowest BCUT2D eigenvalue weighted by Gasteiger charge is -2.09. The summed E-state index contributed by atoms with van der Waals surface area (Å²) in [5.41, 5.74) is 4.29. The van der Waals surface area contributed by atoms with Crippen molar-refractivity contribution in [2.45, 2.75) is 0 Å². The average molecular weight is 408 g/mol. The Morgan fingerprint density at radius 2 is 1.35 bits per heavy atom. The van der Waals surface area contributed by atoms with Crippen LogP contribution in [-0.4, -0.2) is 17.6 Å². The van der Waals surface area contributed by atoms with Gasteiger partial charge in [0.2, 0.25) is 0 Å². The maximum Gasteiger partial charge on any atom is 0.291 e. The van der Waals surface area contributed by atoms with Gasteiger partial charge in [0.15, 0.2) is 11.5 Å². The minimum atomic E-state index is -0.384. The molecule has 0 unspecified atom stereocenters. The summed E-state index contributed by atoms with van der Waals surface area (Å²) < 4.78 is 5.08. The molecule has 31 heavy (non-hydrogen) atoms. The summed E-state index contributed by atoms with van der Waals surface area (Å²) in [5, 5.41) is 5.53. The molecule has 6 nitrogen and oxygen atoms in total. The minimum absolute atomic E-state index is 0.0807. The van der Waals surface area contributed by atoms with Crippen molar-refractivity contribution in [2.75, 3.05) is 10.6 Å². The van der Waals surface area contributed by atoms with Gasteiger partial charge in [-0.25, -0.2) is 0 Å². The van der Waals surface area contributed by atoms with Gasteiger partial charge in [-0.2, -0.15) is 0 Å². The fourth-order valence-corrected chi connectivity index (χ4v) is 3.65. The number of carbonyl (C=O) groups excluding carboxylic acids is 3. The second kappa shape index (κ2) is 7.42. The van der Waals surface area contributed by atoms with E-state index in [2.05, 4.69) is 10.6 Å². The summed E-state index contributed by atoms with van der Waals surface area (Å²) in [4.78, 5) is 37.6. The topological polar surface area (TPSA) is 88.4 Å². The van der Waals surface area contributed by atoms with Crippen molar-refractivity contribution >= 4 is 29.0 Å². The summed E-state index contributed by atoms with van der Waals surface area (Å²) in [6.45, 7) is 0. The van der Waals surface area contributed by atoms with Crippen LogP contribution in [0.25, 0.3) is 11.1 Å². The number of benzene rings is 3. The van der Waals surface area contributed by atoms with Crippen LogP contribution >= 0.6 is 0 Å². The van der Waals surface area contributed by atoms with Gasteiger partial charge >= 0.3 is 0 Å². The first-order chi connectivity index (χ1) is 15.1. The van der Waals surface area contributed by atoms with E-state index in [-0.39, 0.29) is 23.4 Å². The van der Waals surface area contributed by atoms with E-state index in [0.29, 0.717) is 28.1 Å². The standard InChI is InChI=1S/C25H16N2O4/c28-23-20-8-2-1-7-18(20)19-11-10-15(13-21(19)23)24(29)26-16-5-3-6-17(14-16)27-25(30)22-9-4-12-31-22/h1-14H,(H,26,29)(H,27,30). The van der Waals surface area contributed by atoms with E-state index >= 15 is 0 Å². The van der Waals surface area contributed by atoms with Gasteiger partial charge in [0, 0.05) is 28.1 Å². The summed E-state index contributed by atoms with van der Waals surface area (Å²) in [6, 6.07) is 22.5. The average Bonchev–Trinajstić information content (AvgIpc) is 3.42. The molecule has 5 rings (SSSR count). The van der Waals surface area contributed by atoms with Crippen molar-refractivity contribution < 1.29 is 18.8 Å². The molecule has 1 heterocycles. The number of hydrogen-bond donors (Lipinski definition) is 2. The molecule has 6 heteroatoms. The number of anilines is 2. The molecule has 0 bridgehead atoms. The van der Waals surface area contributed by atoms with Crippen LogP contribution in [0, 0.1) is 0 Å². The van der Waals surface area contributed by atoms with Crippen molar-refractivity contribution in [1.29, 1.82) is 0 Å². The number of fused-ring (bicyclic) bond motifs is 3. The number of amides is 2. The van der Waals surface area contributed by atoms with Crippen LogP contribution in [-0.2, 0) is 0 Å². The number of hydrogen-bond acceptors (Lipinski definition) is 4. The smallest absolute Gasteiger partial charge is 0.291 e. The van der Waals surface area contributed by atoms with Crippen LogP contribution in [0.4, 0.5) is 11.4 Å². The molecule has 0 fully saturated rings. The fourth-order valence-electron chi connectivity index (χ4n) is 3.65. The summed E-state index contributed by atoms with van der Waals surface area (Å²) in [5.74, 6) is -0.618. The maximum absolute atomic E-state index is 12.8. The Labute approximate surface area is 177 Å². The second-order valence-electron chi connectivity index (χ2n) is 7.10. The summed E-state index contributed by atoms with van der Waals surface area (Å²) in [6.07, 6.45) is 1.42. The molecule has 1 aromatic heterocycles. The zero-order valence-electron chi connectivity index (χ0n) is 16.2. The number of furan rings is 1. The predicted molar refractivity (Wildman–Crippen MR) is 116 cm³/mol. The first-order valence-electron chi connectivity index (χ1n) is 9.64. The van der Waals surface area contributed by atoms with Gasteiger partial charge in [-0.15, -0.1) is 0 Å². The monoisotopic (exact) mass is 408 g/mol. The van der Waals surface area contributed by atoms with Crippen LogP contribution in [0.1, 0.15) is 36.8 Å². The van der Waals surface area contributed by atoms with E-state index in [1.165, 1.54) is 6.26 Å². The summed E-state index contributed by atoms with van der Waals surface area (Å²) >= 11 is 0. The number of ketones is 1. The fraction of sp³-hybridized carbons (Fsp3) is 0. The molecular weight excluding hydrogens is 392 g/mol. The number of nitrogens with one attached hydrogen (secondary N) is 2. The molecule has 1 aliphatic carbocycles. The van der Waals surface area contributed by atoms with Crippen molar-refractivity contribution in [1.82, 2.24) is 0 Å². The van der Waals surface area contributed by atoms with Crippen molar-refractivity contribution in [3.8, 4) is 11.1 Å². The van der Waals surface area contributed by atoms with Gasteiger partial charge in [-0.1, -0.05) is 36.4 Å². The third kappa shape index (κ3) is 3.40. The highest BCUT2D eigenvalue weighted by Gasteiger charge is 2.27. The van der Waals surface area contributed by atoms with Crippen LogP contribution in [0.3, 0.4) is 0 Å². The van der Waals surface area contributed by atoms with Gasteiger partial charge in [0.25, 0.3) is 11.8 Å². The van der Waals surface area contributed by atoms with E-state index in [1.54, 1.807) is 60.7 Å². The molecule has 0 aliphatic heterocycles. The Kier molecular flexibility index (Phi) is 4.45. The zero-order chi connectivity index (χ0) is 21.4. The highest BCUT2D eigenvalue weighted by Crippen LogP contribution is 2.36. The highest BCUT2D eigenvalue weighted by atomic mass is 16.3. The molecular formula is C25H16N2O4. The van der Waals surface area contributed by atoms with Crippen LogP contribution in [0.5, 0.6) is 0 Å². The lowest BCUT2D eigenvalue weighted by Crippen LogP contribution is -2.14. The molecule has 0 atom stereocenters. The minimum Gasteiger partial charge on any atom is -0.459 e. The molecule has 2 amide bonds. The van der Waals surface area contributed by atoms with Gasteiger partial charge in [0.05, 0.1) is 6.26 Å². The first kappa shape index (κ1) is 18.6. The number of rotatable bonds is 4. The first-order valence-corrected chi connectivity index (χ1v) is 9.64. The van der Waals surface area contributed by atoms with Crippen LogP contribution < -0.4 is 10.6 Å². The van der Waals surface area contributed by atoms with E-state index in [4.69, 9.17) is 4.42 Å². The Balaban J connectivity index is 1.34. The molecule has 3 aromatic carbocycles. The highest BCUT2D eigenvalue weighted by molar-refractivity contribution is 6.22. The van der Waals surface area contributed by atoms with E-state index < -0.39 is 0 Å². The van der Waals surface area contributed by atoms with Crippen molar-refractivity contribution in [3.63, 3.8) is 0 Å². The Morgan fingerprint density at radius 3 is 2.10 bits per heavy atom. The lowest BCUT2D eigenvalue weighted by molar-refractivity contribution is 0.0994. The predicted octanol–water partition coefficient (Wildman–Crippen LogP) is 5.00. The van der Waals surface area contributed by atoms with E-state index in [0.717, 1.165) is 11.1 Å². The Morgan fingerprint density at radius 1 is 0.645 bits per heavy atom. The number of carbonyl (C=O) groups is 3. The molecule has 1 aliphatic rings.